The molecule has 0 atom stereocenters. The molecule has 1 aliphatic heterocycles. The van der Waals surface area contributed by atoms with E-state index in [4.69, 9.17) is 4.74 Å². The quantitative estimate of drug-likeness (QED) is 0.513. The minimum atomic E-state index is 0.00101. The van der Waals surface area contributed by atoms with Crippen molar-refractivity contribution in [1.29, 1.82) is 0 Å². The summed E-state index contributed by atoms with van der Waals surface area (Å²) in [5.41, 5.74) is 7.31. The predicted octanol–water partition coefficient (Wildman–Crippen LogP) is 6.29. The Morgan fingerprint density at radius 3 is 2.23 bits per heavy atom. The number of aliphatic hydroxyl groups is 1. The van der Waals surface area contributed by atoms with Gasteiger partial charge in [0.2, 0.25) is 0 Å². The monoisotopic (exact) mass is 415 g/mol. The Bertz CT molecular complexity index is 1010. The highest BCUT2D eigenvalue weighted by atomic mass is 16.5. The summed E-state index contributed by atoms with van der Waals surface area (Å²) < 4.78 is 5.93. The predicted molar refractivity (Wildman–Crippen MR) is 130 cm³/mol. The zero-order valence-electron chi connectivity index (χ0n) is 18.9. The van der Waals surface area contributed by atoms with Gasteiger partial charge in [-0.1, -0.05) is 63.2 Å². The smallest absolute Gasteiger partial charge is 0.127 e. The van der Waals surface area contributed by atoms with Crippen LogP contribution in [0.25, 0.3) is 22.3 Å². The van der Waals surface area contributed by atoms with E-state index in [1.54, 1.807) is 0 Å². The molecule has 3 aromatic rings. The lowest BCUT2D eigenvalue weighted by atomic mass is 9.83. The zero-order valence-corrected chi connectivity index (χ0v) is 18.9. The lowest BCUT2D eigenvalue weighted by molar-refractivity contribution is 0.202. The van der Waals surface area contributed by atoms with E-state index in [-0.39, 0.29) is 18.6 Å². The van der Waals surface area contributed by atoms with Gasteiger partial charge in [-0.05, 0) is 64.8 Å². The topological polar surface area (TPSA) is 32.7 Å². The van der Waals surface area contributed by atoms with Crippen molar-refractivity contribution in [3.63, 3.8) is 0 Å². The third kappa shape index (κ3) is 4.77. The van der Waals surface area contributed by atoms with Gasteiger partial charge in [0, 0.05) is 24.3 Å². The summed E-state index contributed by atoms with van der Waals surface area (Å²) >= 11 is 0. The van der Waals surface area contributed by atoms with Crippen LogP contribution in [0.4, 0.5) is 5.69 Å². The summed E-state index contributed by atoms with van der Waals surface area (Å²) in [6.45, 7) is 9.42. The van der Waals surface area contributed by atoms with Gasteiger partial charge in [-0.3, -0.25) is 0 Å². The minimum absolute atomic E-state index is 0.00101. The highest BCUT2D eigenvalue weighted by Gasteiger charge is 2.24. The van der Waals surface area contributed by atoms with Gasteiger partial charge in [0.15, 0.2) is 0 Å². The van der Waals surface area contributed by atoms with E-state index in [0.717, 1.165) is 35.5 Å². The summed E-state index contributed by atoms with van der Waals surface area (Å²) in [5, 5.41) is 9.30. The molecule has 1 fully saturated rings. The van der Waals surface area contributed by atoms with E-state index >= 15 is 0 Å². The SMILES string of the molecule is CC(C)(C)c1cc(-c2cc(-c3ccccc3)ccc2OCCO)ccc1N1CCCC1. The largest absolute Gasteiger partial charge is 0.491 e. The van der Waals surface area contributed by atoms with Crippen LogP contribution in [0.3, 0.4) is 0 Å². The molecule has 3 aromatic carbocycles. The molecule has 1 aliphatic rings. The average molecular weight is 416 g/mol. The number of anilines is 1. The van der Waals surface area contributed by atoms with Crippen LogP contribution in [0, 0.1) is 0 Å². The number of ether oxygens (including phenoxy) is 1. The van der Waals surface area contributed by atoms with Gasteiger partial charge < -0.3 is 14.7 Å². The second-order valence-corrected chi connectivity index (χ2v) is 9.33. The van der Waals surface area contributed by atoms with Crippen LogP contribution in [0.1, 0.15) is 39.2 Å². The van der Waals surface area contributed by atoms with E-state index < -0.39 is 0 Å². The van der Waals surface area contributed by atoms with Crippen molar-refractivity contribution in [3.05, 3.63) is 72.3 Å². The van der Waals surface area contributed by atoms with Crippen molar-refractivity contribution in [2.45, 2.75) is 39.0 Å². The molecule has 1 heterocycles. The first-order valence-corrected chi connectivity index (χ1v) is 11.3. The van der Waals surface area contributed by atoms with Crippen molar-refractivity contribution in [2.75, 3.05) is 31.2 Å². The van der Waals surface area contributed by atoms with Crippen LogP contribution in [0.5, 0.6) is 5.75 Å². The molecule has 162 valence electrons. The Balaban J connectivity index is 1.83. The van der Waals surface area contributed by atoms with Gasteiger partial charge in [0.1, 0.15) is 12.4 Å². The number of nitrogens with zero attached hydrogens (tertiary/aromatic N) is 1. The molecule has 0 spiro atoms. The van der Waals surface area contributed by atoms with Crippen molar-refractivity contribution in [3.8, 4) is 28.0 Å². The standard InChI is InChI=1S/C28H33NO2/c1-28(2,3)25-20-23(11-13-26(25)29-15-7-8-16-29)24-19-22(21-9-5-4-6-10-21)12-14-27(24)31-18-17-30/h4-6,9-14,19-20,30H,7-8,15-18H2,1-3H3. The van der Waals surface area contributed by atoms with Crippen LogP contribution in [-0.4, -0.2) is 31.4 Å². The van der Waals surface area contributed by atoms with Crippen molar-refractivity contribution < 1.29 is 9.84 Å². The summed E-state index contributed by atoms with van der Waals surface area (Å²) in [5.74, 6) is 0.808. The van der Waals surface area contributed by atoms with Gasteiger partial charge in [-0.25, -0.2) is 0 Å². The molecule has 0 aromatic heterocycles. The molecule has 3 nitrogen and oxygen atoms in total. The number of aliphatic hydroxyl groups excluding tert-OH is 1. The van der Waals surface area contributed by atoms with Crippen molar-refractivity contribution >= 4 is 5.69 Å². The Kier molecular flexibility index (Phi) is 6.33. The van der Waals surface area contributed by atoms with Crippen LogP contribution in [-0.2, 0) is 5.41 Å². The maximum absolute atomic E-state index is 9.30. The summed E-state index contributed by atoms with van der Waals surface area (Å²) in [4.78, 5) is 2.52. The molecule has 0 saturated carbocycles. The highest BCUT2D eigenvalue weighted by molar-refractivity contribution is 5.79. The van der Waals surface area contributed by atoms with Crippen LogP contribution >= 0.6 is 0 Å². The molecule has 1 N–H and O–H groups in total. The van der Waals surface area contributed by atoms with Crippen molar-refractivity contribution in [1.82, 2.24) is 0 Å². The Morgan fingerprint density at radius 1 is 0.839 bits per heavy atom. The lowest BCUT2D eigenvalue weighted by Gasteiger charge is -2.29. The van der Waals surface area contributed by atoms with Gasteiger partial charge in [0.25, 0.3) is 0 Å². The van der Waals surface area contributed by atoms with Crippen LogP contribution < -0.4 is 9.64 Å². The third-order valence-electron chi connectivity index (χ3n) is 6.00. The maximum atomic E-state index is 9.30. The molecule has 4 rings (SSSR count). The normalized spacial score (nSPS) is 14.1. The van der Waals surface area contributed by atoms with Crippen LogP contribution in [0.2, 0.25) is 0 Å². The fraction of sp³-hybridized carbons (Fsp3) is 0.357. The first-order chi connectivity index (χ1) is 15.0. The van der Waals surface area contributed by atoms with E-state index in [9.17, 15) is 5.11 Å². The fourth-order valence-corrected chi connectivity index (χ4v) is 4.39. The zero-order chi connectivity index (χ0) is 21.8. The minimum Gasteiger partial charge on any atom is -0.491 e. The molecule has 3 heteroatoms. The van der Waals surface area contributed by atoms with Crippen molar-refractivity contribution in [2.24, 2.45) is 0 Å². The van der Waals surface area contributed by atoms with Gasteiger partial charge >= 0.3 is 0 Å². The second kappa shape index (κ2) is 9.15. The first kappa shape index (κ1) is 21.5. The Morgan fingerprint density at radius 2 is 1.55 bits per heavy atom. The molecular weight excluding hydrogens is 382 g/mol. The highest BCUT2D eigenvalue weighted by Crippen LogP contribution is 2.40. The summed E-state index contributed by atoms with van der Waals surface area (Å²) in [7, 11) is 0. The van der Waals surface area contributed by atoms with E-state index in [1.807, 2.05) is 12.1 Å². The third-order valence-corrected chi connectivity index (χ3v) is 6.00. The molecule has 1 saturated heterocycles. The molecular formula is C28H33NO2. The van der Waals surface area contributed by atoms with E-state index in [0.29, 0.717) is 0 Å². The molecule has 0 unspecified atom stereocenters. The number of hydrogen-bond acceptors (Lipinski definition) is 3. The Labute approximate surface area is 186 Å². The first-order valence-electron chi connectivity index (χ1n) is 11.3. The van der Waals surface area contributed by atoms with E-state index in [2.05, 4.69) is 80.3 Å². The van der Waals surface area contributed by atoms with Gasteiger partial charge in [-0.2, -0.15) is 0 Å². The molecule has 0 radical (unpaired) electrons. The maximum Gasteiger partial charge on any atom is 0.127 e. The number of hydrogen-bond donors (Lipinski definition) is 1. The number of benzene rings is 3. The summed E-state index contributed by atoms with van der Waals surface area (Å²) in [6, 6.07) is 23.6. The fourth-order valence-electron chi connectivity index (χ4n) is 4.39. The Hall–Kier alpha value is -2.78. The number of rotatable bonds is 6. The van der Waals surface area contributed by atoms with Crippen LogP contribution in [0.15, 0.2) is 66.7 Å². The average Bonchev–Trinajstić information content (AvgIpc) is 3.32. The lowest BCUT2D eigenvalue weighted by Crippen LogP contribution is -2.23. The molecule has 0 bridgehead atoms. The second-order valence-electron chi connectivity index (χ2n) is 9.33. The molecule has 0 amide bonds. The van der Waals surface area contributed by atoms with E-state index in [1.165, 1.54) is 29.7 Å². The molecule has 0 aliphatic carbocycles. The molecule has 31 heavy (non-hydrogen) atoms. The summed E-state index contributed by atoms with van der Waals surface area (Å²) in [6.07, 6.45) is 2.53. The van der Waals surface area contributed by atoms with Gasteiger partial charge in [0.05, 0.1) is 6.61 Å². The van der Waals surface area contributed by atoms with Gasteiger partial charge in [-0.15, -0.1) is 0 Å².